The number of carbonyl (C=O) groups is 1. The molecule has 0 unspecified atom stereocenters. The summed E-state index contributed by atoms with van der Waals surface area (Å²) < 4.78 is 1.73. The van der Waals surface area contributed by atoms with E-state index in [-0.39, 0.29) is 5.91 Å². The number of nitrogens with zero attached hydrogens (tertiary/aromatic N) is 2. The van der Waals surface area contributed by atoms with Crippen molar-refractivity contribution in [3.05, 3.63) is 42.6 Å². The number of aromatic nitrogens is 2. The highest BCUT2D eigenvalue weighted by Gasteiger charge is 2.21. The quantitative estimate of drug-likeness (QED) is 0.881. The van der Waals surface area contributed by atoms with Crippen LogP contribution in [0, 0.1) is 5.41 Å². The van der Waals surface area contributed by atoms with E-state index in [0.717, 1.165) is 5.69 Å². The van der Waals surface area contributed by atoms with Gasteiger partial charge >= 0.3 is 0 Å². The summed E-state index contributed by atoms with van der Waals surface area (Å²) in [5, 5.41) is 7.12. The highest BCUT2D eigenvalue weighted by molar-refractivity contribution is 5.93. The minimum Gasteiger partial charge on any atom is -0.309 e. The van der Waals surface area contributed by atoms with Gasteiger partial charge in [-0.2, -0.15) is 5.10 Å². The second-order valence-corrected chi connectivity index (χ2v) is 5.19. The van der Waals surface area contributed by atoms with Gasteiger partial charge in [-0.3, -0.25) is 4.79 Å². The Hall–Kier alpha value is -2.10. The van der Waals surface area contributed by atoms with Crippen LogP contribution in [0.25, 0.3) is 5.69 Å². The number of hydrogen-bond donors (Lipinski definition) is 1. The van der Waals surface area contributed by atoms with Crippen molar-refractivity contribution in [3.8, 4) is 5.69 Å². The third-order valence-electron chi connectivity index (χ3n) is 2.53. The number of rotatable bonds is 2. The van der Waals surface area contributed by atoms with Crippen molar-refractivity contribution >= 4 is 11.7 Å². The van der Waals surface area contributed by atoms with Gasteiger partial charge in [-0.15, -0.1) is 0 Å². The number of para-hydroxylation sites is 1. The molecule has 0 saturated heterocycles. The van der Waals surface area contributed by atoms with Gasteiger partial charge < -0.3 is 5.32 Å². The lowest BCUT2D eigenvalue weighted by Gasteiger charge is -2.16. The maximum absolute atomic E-state index is 11.8. The molecule has 0 bridgehead atoms. The molecule has 0 spiro atoms. The maximum Gasteiger partial charge on any atom is 0.230 e. The summed E-state index contributed by atoms with van der Waals surface area (Å²) >= 11 is 0. The van der Waals surface area contributed by atoms with Crippen molar-refractivity contribution < 1.29 is 4.79 Å². The summed E-state index contributed by atoms with van der Waals surface area (Å²) in [6.45, 7) is 5.61. The molecule has 0 saturated carbocycles. The zero-order valence-corrected chi connectivity index (χ0v) is 10.8. The number of amides is 1. The van der Waals surface area contributed by atoms with Gasteiger partial charge in [0.2, 0.25) is 5.91 Å². The molecule has 18 heavy (non-hydrogen) atoms. The summed E-state index contributed by atoms with van der Waals surface area (Å²) in [6.07, 6.45) is 1.83. The fraction of sp³-hybridized carbons (Fsp3) is 0.286. The number of benzene rings is 1. The Labute approximate surface area is 107 Å². The SMILES string of the molecule is CC(C)(C)C(=O)Nc1ccn(-c2ccccc2)n1. The van der Waals surface area contributed by atoms with Crippen molar-refractivity contribution in [2.75, 3.05) is 5.32 Å². The van der Waals surface area contributed by atoms with E-state index in [1.165, 1.54) is 0 Å². The molecule has 1 heterocycles. The van der Waals surface area contributed by atoms with Gasteiger partial charge in [-0.05, 0) is 12.1 Å². The van der Waals surface area contributed by atoms with Crippen molar-refractivity contribution in [1.29, 1.82) is 0 Å². The van der Waals surface area contributed by atoms with Gasteiger partial charge in [0.1, 0.15) is 0 Å². The Morgan fingerprint density at radius 3 is 2.44 bits per heavy atom. The summed E-state index contributed by atoms with van der Waals surface area (Å²) in [6, 6.07) is 11.6. The molecule has 1 aromatic carbocycles. The molecule has 94 valence electrons. The first-order chi connectivity index (χ1) is 8.47. The van der Waals surface area contributed by atoms with Crippen molar-refractivity contribution in [2.45, 2.75) is 20.8 Å². The monoisotopic (exact) mass is 243 g/mol. The van der Waals surface area contributed by atoms with E-state index in [9.17, 15) is 4.79 Å². The van der Waals surface area contributed by atoms with E-state index in [1.807, 2.05) is 57.3 Å². The van der Waals surface area contributed by atoms with E-state index >= 15 is 0 Å². The van der Waals surface area contributed by atoms with Crippen molar-refractivity contribution in [2.24, 2.45) is 5.41 Å². The molecule has 1 N–H and O–H groups in total. The molecule has 0 aliphatic carbocycles. The van der Waals surface area contributed by atoms with E-state index in [2.05, 4.69) is 10.4 Å². The molecule has 0 aliphatic heterocycles. The highest BCUT2D eigenvalue weighted by atomic mass is 16.2. The topological polar surface area (TPSA) is 46.9 Å². The van der Waals surface area contributed by atoms with E-state index in [1.54, 1.807) is 10.7 Å². The van der Waals surface area contributed by atoms with Gasteiger partial charge in [0.25, 0.3) is 0 Å². The van der Waals surface area contributed by atoms with Gasteiger partial charge in [0.05, 0.1) is 5.69 Å². The minimum atomic E-state index is -0.420. The molecule has 4 heteroatoms. The third kappa shape index (κ3) is 2.77. The summed E-state index contributed by atoms with van der Waals surface area (Å²) in [5.41, 5.74) is 0.546. The van der Waals surface area contributed by atoms with Crippen LogP contribution in [-0.2, 0) is 4.79 Å². The highest BCUT2D eigenvalue weighted by Crippen LogP contribution is 2.17. The van der Waals surface area contributed by atoms with Gasteiger partial charge in [-0.1, -0.05) is 39.0 Å². The predicted molar refractivity (Wildman–Crippen MR) is 71.6 cm³/mol. The first-order valence-corrected chi connectivity index (χ1v) is 5.89. The molecule has 2 aromatic rings. The molecule has 2 rings (SSSR count). The lowest BCUT2D eigenvalue weighted by atomic mass is 9.96. The maximum atomic E-state index is 11.8. The second kappa shape index (κ2) is 4.64. The van der Waals surface area contributed by atoms with Crippen LogP contribution >= 0.6 is 0 Å². The van der Waals surface area contributed by atoms with Crippen LogP contribution in [0.3, 0.4) is 0 Å². The normalized spacial score (nSPS) is 11.3. The van der Waals surface area contributed by atoms with Crippen LogP contribution in [0.4, 0.5) is 5.82 Å². The smallest absolute Gasteiger partial charge is 0.230 e. The fourth-order valence-corrected chi connectivity index (χ4v) is 1.42. The lowest BCUT2D eigenvalue weighted by molar-refractivity contribution is -0.123. The zero-order valence-electron chi connectivity index (χ0n) is 10.8. The second-order valence-electron chi connectivity index (χ2n) is 5.19. The number of nitrogens with one attached hydrogen (secondary N) is 1. The number of hydrogen-bond acceptors (Lipinski definition) is 2. The Bertz CT molecular complexity index is 538. The van der Waals surface area contributed by atoms with Gasteiger partial charge in [0.15, 0.2) is 5.82 Å². The third-order valence-corrected chi connectivity index (χ3v) is 2.53. The molecule has 0 fully saturated rings. The summed E-state index contributed by atoms with van der Waals surface area (Å²) in [7, 11) is 0. The van der Waals surface area contributed by atoms with Crippen LogP contribution in [-0.4, -0.2) is 15.7 Å². The van der Waals surface area contributed by atoms with Crippen LogP contribution in [0.15, 0.2) is 42.6 Å². The van der Waals surface area contributed by atoms with Gasteiger partial charge in [-0.25, -0.2) is 4.68 Å². The molecule has 0 radical (unpaired) electrons. The zero-order chi connectivity index (χ0) is 13.2. The van der Waals surface area contributed by atoms with Gasteiger partial charge in [0, 0.05) is 17.7 Å². The van der Waals surface area contributed by atoms with E-state index < -0.39 is 5.41 Å². The van der Waals surface area contributed by atoms with Crippen LogP contribution in [0.5, 0.6) is 0 Å². The first kappa shape index (κ1) is 12.4. The van der Waals surface area contributed by atoms with Crippen LogP contribution in [0.1, 0.15) is 20.8 Å². The van der Waals surface area contributed by atoms with E-state index in [0.29, 0.717) is 5.82 Å². The van der Waals surface area contributed by atoms with Crippen molar-refractivity contribution in [1.82, 2.24) is 9.78 Å². The molecule has 1 amide bonds. The molecular formula is C14H17N3O. The van der Waals surface area contributed by atoms with Crippen LogP contribution < -0.4 is 5.32 Å². The predicted octanol–water partition coefficient (Wildman–Crippen LogP) is 2.86. The molecule has 0 atom stereocenters. The summed E-state index contributed by atoms with van der Waals surface area (Å²) in [5.74, 6) is 0.527. The van der Waals surface area contributed by atoms with E-state index in [4.69, 9.17) is 0 Å². The average Bonchev–Trinajstić information content (AvgIpc) is 2.77. The fourth-order valence-electron chi connectivity index (χ4n) is 1.42. The molecule has 4 nitrogen and oxygen atoms in total. The first-order valence-electron chi connectivity index (χ1n) is 5.89. The largest absolute Gasteiger partial charge is 0.309 e. The lowest BCUT2D eigenvalue weighted by Crippen LogP contribution is -2.27. The standard InChI is InChI=1S/C14H17N3O/c1-14(2,3)13(18)15-12-9-10-17(16-12)11-7-5-4-6-8-11/h4-10H,1-3H3,(H,15,16,18). The van der Waals surface area contributed by atoms with Crippen molar-refractivity contribution in [3.63, 3.8) is 0 Å². The Morgan fingerprint density at radius 1 is 1.17 bits per heavy atom. The Morgan fingerprint density at radius 2 is 1.83 bits per heavy atom. The molecule has 1 aromatic heterocycles. The summed E-state index contributed by atoms with van der Waals surface area (Å²) in [4.78, 5) is 11.8. The number of carbonyl (C=O) groups excluding carboxylic acids is 1. The number of anilines is 1. The Balaban J connectivity index is 2.15. The minimum absolute atomic E-state index is 0.0409. The Kier molecular flexibility index (Phi) is 3.19. The molecular weight excluding hydrogens is 226 g/mol. The van der Waals surface area contributed by atoms with Crippen LogP contribution in [0.2, 0.25) is 0 Å². The molecule has 0 aliphatic rings. The average molecular weight is 243 g/mol.